The van der Waals surface area contributed by atoms with E-state index in [-0.39, 0.29) is 42.6 Å². The van der Waals surface area contributed by atoms with E-state index in [1.165, 1.54) is 0 Å². The number of benzene rings is 1. The molecule has 0 saturated carbocycles. The Morgan fingerprint density at radius 3 is 2.41 bits per heavy atom. The number of rotatable bonds is 11. The van der Waals surface area contributed by atoms with E-state index in [2.05, 4.69) is 39.2 Å². The molecule has 1 heterocycles. The van der Waals surface area contributed by atoms with Crippen molar-refractivity contribution in [1.29, 1.82) is 0 Å². The van der Waals surface area contributed by atoms with E-state index < -0.39 is 13.7 Å². The number of ketones is 1. The molecule has 29 heavy (non-hydrogen) atoms. The number of Topliss-reactive ketones (excluding diaryl/α,β-unsaturated/α-hetero) is 1. The maximum Gasteiger partial charge on any atom is 0.235 e. The maximum absolute atomic E-state index is 12.7. The van der Waals surface area contributed by atoms with Gasteiger partial charge < -0.3 is 19.2 Å². The molecule has 1 N–H and O–H groups in total. The van der Waals surface area contributed by atoms with E-state index in [4.69, 9.17) is 13.9 Å². The smallest absolute Gasteiger partial charge is 0.235 e. The van der Waals surface area contributed by atoms with Crippen LogP contribution in [0.2, 0.25) is 18.1 Å². The van der Waals surface area contributed by atoms with Gasteiger partial charge in [-0.2, -0.15) is 0 Å². The molecule has 1 aliphatic rings. The summed E-state index contributed by atoms with van der Waals surface area (Å²) in [5.74, 6) is -0.347. The first-order chi connectivity index (χ1) is 13.5. The molecular weight excluding hydrogens is 386 g/mol. The maximum atomic E-state index is 12.7. The minimum absolute atomic E-state index is 0.0781. The molecule has 2 atom stereocenters. The molecule has 1 aliphatic heterocycles. The monoisotopic (exact) mass is 421 g/mol. The molecular formula is C22H35NO5Si. The number of β-lactam (4-membered cyclic amide) rings is 1. The third-order valence-electron chi connectivity index (χ3n) is 6.22. The number of hydrogen-bond acceptors (Lipinski definition) is 5. The van der Waals surface area contributed by atoms with Crippen LogP contribution in [0.4, 0.5) is 0 Å². The zero-order chi connectivity index (χ0) is 21.7. The van der Waals surface area contributed by atoms with Crippen LogP contribution in [0.1, 0.15) is 39.7 Å². The van der Waals surface area contributed by atoms with Gasteiger partial charge in [-0.3, -0.25) is 9.59 Å². The summed E-state index contributed by atoms with van der Waals surface area (Å²) in [7, 11) is -1.94. The first-order valence-electron chi connectivity index (χ1n) is 10.2. The Morgan fingerprint density at radius 2 is 1.83 bits per heavy atom. The fourth-order valence-corrected chi connectivity index (χ4v) is 3.86. The number of amides is 1. The van der Waals surface area contributed by atoms with Crippen LogP contribution in [0, 0.1) is 5.41 Å². The summed E-state index contributed by atoms with van der Waals surface area (Å²) in [5, 5.41) is 2.92. The van der Waals surface area contributed by atoms with Gasteiger partial charge in [-0.15, -0.1) is 0 Å². The second-order valence-electron chi connectivity index (χ2n) is 9.33. The van der Waals surface area contributed by atoms with Gasteiger partial charge in [-0.25, -0.2) is 0 Å². The first kappa shape index (κ1) is 23.7. The van der Waals surface area contributed by atoms with Crippen molar-refractivity contribution in [2.75, 3.05) is 20.0 Å². The third kappa shape index (κ3) is 5.75. The molecule has 1 amide bonds. The van der Waals surface area contributed by atoms with Crippen molar-refractivity contribution < 1.29 is 23.5 Å². The second-order valence-corrected chi connectivity index (χ2v) is 14.1. The summed E-state index contributed by atoms with van der Waals surface area (Å²) in [6.45, 7) is 13.7. The van der Waals surface area contributed by atoms with E-state index in [1.54, 1.807) is 6.92 Å². The molecule has 0 bridgehead atoms. The SMILES string of the molecule is CC(C)(C)[Si](C)(C)OC[C@H]1NC(=O)[C@]1(C)C(=O)CCOCOCc1ccccc1. The Morgan fingerprint density at radius 1 is 1.17 bits per heavy atom. The molecule has 0 unspecified atom stereocenters. The van der Waals surface area contributed by atoms with Gasteiger partial charge in [0, 0.05) is 6.42 Å². The Bertz CT molecular complexity index is 701. The van der Waals surface area contributed by atoms with Crippen molar-refractivity contribution >= 4 is 20.0 Å². The summed E-state index contributed by atoms with van der Waals surface area (Å²) < 4.78 is 17.1. The highest BCUT2D eigenvalue weighted by molar-refractivity contribution is 6.74. The molecule has 2 rings (SSSR count). The van der Waals surface area contributed by atoms with Gasteiger partial charge in [0.05, 0.1) is 25.9 Å². The van der Waals surface area contributed by atoms with E-state index >= 15 is 0 Å². The van der Waals surface area contributed by atoms with Crippen LogP contribution >= 0.6 is 0 Å². The number of carbonyl (C=O) groups excluding carboxylic acids is 2. The largest absolute Gasteiger partial charge is 0.415 e. The summed E-state index contributed by atoms with van der Waals surface area (Å²) in [6, 6.07) is 9.53. The number of hydrogen-bond donors (Lipinski definition) is 1. The zero-order valence-corrected chi connectivity index (χ0v) is 19.5. The van der Waals surface area contributed by atoms with Gasteiger partial charge >= 0.3 is 0 Å². The van der Waals surface area contributed by atoms with E-state index in [0.717, 1.165) is 5.56 Å². The van der Waals surface area contributed by atoms with Gasteiger partial charge in [0.1, 0.15) is 12.2 Å². The van der Waals surface area contributed by atoms with Gasteiger partial charge in [0.15, 0.2) is 14.1 Å². The first-order valence-corrected chi connectivity index (χ1v) is 13.1. The number of nitrogens with one attached hydrogen (secondary N) is 1. The van der Waals surface area contributed by atoms with E-state index in [9.17, 15) is 9.59 Å². The fraction of sp³-hybridized carbons (Fsp3) is 0.636. The summed E-state index contributed by atoms with van der Waals surface area (Å²) in [4.78, 5) is 24.9. The Hall–Kier alpha value is -1.54. The number of ether oxygens (including phenoxy) is 2. The minimum atomic E-state index is -1.94. The van der Waals surface area contributed by atoms with Gasteiger partial charge in [0.2, 0.25) is 5.91 Å². The van der Waals surface area contributed by atoms with Gasteiger partial charge in [-0.05, 0) is 30.6 Å². The standard InChI is InChI=1S/C22H35NO5Si/c1-21(2,3)29(5,6)28-15-18-22(4,20(25)23-18)19(24)12-13-26-16-27-14-17-10-8-7-9-11-17/h7-11,18H,12-16H2,1-6H3,(H,23,25)/t18-,22+/m1/s1. The zero-order valence-electron chi connectivity index (χ0n) is 18.5. The van der Waals surface area contributed by atoms with Gasteiger partial charge in [-0.1, -0.05) is 51.1 Å². The lowest BCUT2D eigenvalue weighted by atomic mass is 9.70. The van der Waals surface area contributed by atoms with Crippen LogP contribution in [0.5, 0.6) is 0 Å². The molecule has 0 spiro atoms. The van der Waals surface area contributed by atoms with Crippen LogP contribution in [0.3, 0.4) is 0 Å². The van der Waals surface area contributed by atoms with Crippen molar-refractivity contribution in [3.8, 4) is 0 Å². The topological polar surface area (TPSA) is 73.9 Å². The number of carbonyl (C=O) groups is 2. The molecule has 1 saturated heterocycles. The molecule has 1 aromatic rings. The average Bonchev–Trinajstić information content (AvgIpc) is 2.66. The van der Waals surface area contributed by atoms with Crippen LogP contribution in [-0.4, -0.2) is 46.1 Å². The molecule has 1 fully saturated rings. The van der Waals surface area contributed by atoms with Crippen LogP contribution < -0.4 is 5.32 Å². The van der Waals surface area contributed by atoms with Crippen LogP contribution in [-0.2, 0) is 30.1 Å². The molecule has 162 valence electrons. The molecule has 0 aromatic heterocycles. The molecule has 6 nitrogen and oxygen atoms in total. The van der Waals surface area contributed by atoms with Crippen molar-refractivity contribution in [1.82, 2.24) is 5.32 Å². The highest BCUT2D eigenvalue weighted by Crippen LogP contribution is 2.39. The quantitative estimate of drug-likeness (QED) is 0.194. The highest BCUT2D eigenvalue weighted by Gasteiger charge is 2.56. The highest BCUT2D eigenvalue weighted by atomic mass is 28.4. The predicted octanol–water partition coefficient (Wildman–Crippen LogP) is 3.66. The van der Waals surface area contributed by atoms with Crippen molar-refractivity contribution in [3.05, 3.63) is 35.9 Å². The lowest BCUT2D eigenvalue weighted by Gasteiger charge is -2.47. The van der Waals surface area contributed by atoms with E-state index in [0.29, 0.717) is 13.2 Å². The average molecular weight is 422 g/mol. The Kier molecular flexibility index (Phi) is 7.78. The molecule has 0 radical (unpaired) electrons. The van der Waals surface area contributed by atoms with E-state index in [1.807, 2.05) is 30.3 Å². The summed E-state index contributed by atoms with van der Waals surface area (Å²) in [5.41, 5.74) is 0.0202. The van der Waals surface area contributed by atoms with Crippen LogP contribution in [0.15, 0.2) is 30.3 Å². The summed E-state index contributed by atoms with van der Waals surface area (Å²) >= 11 is 0. The Balaban J connectivity index is 1.74. The lowest BCUT2D eigenvalue weighted by molar-refractivity contribution is -0.156. The van der Waals surface area contributed by atoms with Crippen molar-refractivity contribution in [3.63, 3.8) is 0 Å². The molecule has 0 aliphatic carbocycles. The normalized spacial score (nSPS) is 22.1. The predicted molar refractivity (Wildman–Crippen MR) is 115 cm³/mol. The Labute approximate surface area is 175 Å². The molecule has 7 heteroatoms. The second kappa shape index (κ2) is 9.51. The molecule has 1 aromatic carbocycles. The van der Waals surface area contributed by atoms with Crippen LogP contribution in [0.25, 0.3) is 0 Å². The third-order valence-corrected chi connectivity index (χ3v) is 10.7. The van der Waals surface area contributed by atoms with Crippen molar-refractivity contribution in [2.45, 2.75) is 64.9 Å². The minimum Gasteiger partial charge on any atom is -0.415 e. The summed E-state index contributed by atoms with van der Waals surface area (Å²) in [6.07, 6.45) is 0.176. The van der Waals surface area contributed by atoms with Gasteiger partial charge in [0.25, 0.3) is 0 Å². The van der Waals surface area contributed by atoms with Crippen molar-refractivity contribution in [2.24, 2.45) is 5.41 Å². The lowest BCUT2D eigenvalue weighted by Crippen LogP contribution is -2.71. The fourth-order valence-electron chi connectivity index (χ4n) is 2.85.